The second kappa shape index (κ2) is 9.24. The Balaban J connectivity index is 1.33. The summed E-state index contributed by atoms with van der Waals surface area (Å²) >= 11 is 1.25. The summed E-state index contributed by atoms with van der Waals surface area (Å²) in [5, 5.41) is 0.454. The van der Waals surface area contributed by atoms with Crippen molar-refractivity contribution in [2.45, 2.75) is 12.2 Å². The molecule has 1 saturated heterocycles. The van der Waals surface area contributed by atoms with Crippen LogP contribution in [-0.2, 0) is 6.18 Å². The predicted molar refractivity (Wildman–Crippen MR) is 129 cm³/mol. The first-order valence-electron chi connectivity index (χ1n) is 11.1. The molecule has 7 heteroatoms. The summed E-state index contributed by atoms with van der Waals surface area (Å²) in [6, 6.07) is 26.0. The van der Waals surface area contributed by atoms with E-state index in [0.29, 0.717) is 41.1 Å². The highest BCUT2D eigenvalue weighted by Gasteiger charge is 2.32. The average Bonchev–Trinajstić information content (AvgIpc) is 3.29. The Hall–Kier alpha value is -3.16. The highest BCUT2D eigenvalue weighted by molar-refractivity contribution is 7.20. The molecule has 1 aliphatic heterocycles. The fourth-order valence-corrected chi connectivity index (χ4v) is 5.56. The fourth-order valence-electron chi connectivity index (χ4n) is 4.55. The van der Waals surface area contributed by atoms with Crippen LogP contribution in [0.2, 0.25) is 0 Å². The predicted octanol–water partition coefficient (Wildman–Crippen LogP) is 6.47. The van der Waals surface area contributed by atoms with Crippen LogP contribution in [0.15, 0.2) is 84.9 Å². The summed E-state index contributed by atoms with van der Waals surface area (Å²) in [7, 11) is 0. The highest BCUT2D eigenvalue weighted by Crippen LogP contribution is 2.35. The van der Waals surface area contributed by atoms with Gasteiger partial charge in [-0.3, -0.25) is 9.69 Å². The van der Waals surface area contributed by atoms with E-state index in [1.165, 1.54) is 28.5 Å². The Morgan fingerprint density at radius 2 is 1.38 bits per heavy atom. The van der Waals surface area contributed by atoms with Crippen molar-refractivity contribution in [3.8, 4) is 0 Å². The van der Waals surface area contributed by atoms with Gasteiger partial charge in [0.25, 0.3) is 5.91 Å². The molecule has 174 valence electrons. The van der Waals surface area contributed by atoms with Crippen LogP contribution in [0.25, 0.3) is 10.1 Å². The van der Waals surface area contributed by atoms with Gasteiger partial charge in [0, 0.05) is 30.9 Å². The minimum atomic E-state index is -4.40. The first kappa shape index (κ1) is 22.6. The monoisotopic (exact) mass is 480 g/mol. The van der Waals surface area contributed by atoms with Crippen molar-refractivity contribution in [3.05, 3.63) is 106 Å². The standard InChI is InChI=1S/C27H23F3N2OS/c28-27(29,30)22-11-12-23-21(17-22)18-24(34-23)26(33)32-15-13-31(14-16-32)25(19-7-3-1-4-8-19)20-9-5-2-6-10-20/h1-12,17-18,25H,13-16H2. The Morgan fingerprint density at radius 3 is 1.94 bits per heavy atom. The maximum Gasteiger partial charge on any atom is 0.416 e. The van der Waals surface area contributed by atoms with Crippen molar-refractivity contribution < 1.29 is 18.0 Å². The van der Waals surface area contributed by atoms with Gasteiger partial charge in [-0.2, -0.15) is 13.2 Å². The smallest absolute Gasteiger partial charge is 0.335 e. The molecule has 3 nitrogen and oxygen atoms in total. The number of alkyl halides is 3. The number of carbonyl (C=O) groups excluding carboxylic acids is 1. The van der Waals surface area contributed by atoms with Gasteiger partial charge in [0.05, 0.1) is 16.5 Å². The molecule has 1 aliphatic rings. The second-order valence-electron chi connectivity index (χ2n) is 8.41. The Labute approximate surface area is 200 Å². The number of rotatable bonds is 4. The summed E-state index contributed by atoms with van der Waals surface area (Å²) in [5.74, 6) is -0.120. The van der Waals surface area contributed by atoms with Crippen LogP contribution in [0, 0.1) is 0 Å². The number of nitrogens with zero attached hydrogens (tertiary/aromatic N) is 2. The molecule has 0 unspecified atom stereocenters. The maximum absolute atomic E-state index is 13.2. The van der Waals surface area contributed by atoms with Gasteiger partial charge in [0.1, 0.15) is 0 Å². The van der Waals surface area contributed by atoms with Crippen molar-refractivity contribution >= 4 is 27.3 Å². The van der Waals surface area contributed by atoms with Gasteiger partial charge in [-0.1, -0.05) is 60.7 Å². The van der Waals surface area contributed by atoms with Gasteiger partial charge in [0.15, 0.2) is 0 Å². The van der Waals surface area contributed by atoms with Crippen molar-refractivity contribution in [1.82, 2.24) is 9.80 Å². The third kappa shape index (κ3) is 4.58. The molecule has 1 aromatic heterocycles. The van der Waals surface area contributed by atoms with E-state index in [2.05, 4.69) is 29.2 Å². The lowest BCUT2D eigenvalue weighted by molar-refractivity contribution is -0.137. The summed E-state index contributed by atoms with van der Waals surface area (Å²) in [6.45, 7) is 2.56. The molecule has 4 aromatic rings. The van der Waals surface area contributed by atoms with Crippen molar-refractivity contribution in [1.29, 1.82) is 0 Å². The molecule has 2 heterocycles. The molecule has 0 aliphatic carbocycles. The van der Waals surface area contributed by atoms with Crippen LogP contribution >= 0.6 is 11.3 Å². The van der Waals surface area contributed by atoms with Crippen LogP contribution < -0.4 is 0 Å². The van der Waals surface area contributed by atoms with Gasteiger partial charge in [-0.15, -0.1) is 11.3 Å². The van der Waals surface area contributed by atoms with Gasteiger partial charge < -0.3 is 4.90 Å². The lowest BCUT2D eigenvalue weighted by Gasteiger charge is -2.39. The van der Waals surface area contributed by atoms with Gasteiger partial charge in [-0.25, -0.2) is 0 Å². The molecule has 1 amide bonds. The number of hydrogen-bond acceptors (Lipinski definition) is 3. The van der Waals surface area contributed by atoms with E-state index in [1.54, 1.807) is 11.0 Å². The van der Waals surface area contributed by atoms with Crippen LogP contribution in [0.1, 0.15) is 32.4 Å². The lowest BCUT2D eigenvalue weighted by Crippen LogP contribution is -2.49. The Kier molecular flexibility index (Phi) is 6.15. The zero-order chi connectivity index (χ0) is 23.7. The summed E-state index contributed by atoms with van der Waals surface area (Å²) < 4.78 is 39.8. The molecular weight excluding hydrogens is 457 g/mol. The molecule has 0 bridgehead atoms. The fraction of sp³-hybridized carbons (Fsp3) is 0.222. The number of fused-ring (bicyclic) bond motifs is 1. The van der Waals surface area contributed by atoms with Crippen molar-refractivity contribution in [2.24, 2.45) is 0 Å². The zero-order valence-corrected chi connectivity index (χ0v) is 19.1. The average molecular weight is 481 g/mol. The quantitative estimate of drug-likeness (QED) is 0.334. The number of halogens is 3. The largest absolute Gasteiger partial charge is 0.416 e. The molecule has 0 radical (unpaired) electrons. The van der Waals surface area contributed by atoms with Crippen LogP contribution in [-0.4, -0.2) is 41.9 Å². The molecule has 1 fully saturated rings. The van der Waals surface area contributed by atoms with E-state index in [0.717, 1.165) is 12.1 Å². The number of benzene rings is 3. The van der Waals surface area contributed by atoms with Crippen LogP contribution in [0.4, 0.5) is 13.2 Å². The van der Waals surface area contributed by atoms with Crippen LogP contribution in [0.3, 0.4) is 0 Å². The first-order valence-corrected chi connectivity index (χ1v) is 12.0. The van der Waals surface area contributed by atoms with E-state index < -0.39 is 11.7 Å². The number of thiophene rings is 1. The number of carbonyl (C=O) groups is 1. The number of amides is 1. The van der Waals surface area contributed by atoms with Gasteiger partial charge in [0.2, 0.25) is 0 Å². The summed E-state index contributed by atoms with van der Waals surface area (Å²) in [4.78, 5) is 17.8. The van der Waals surface area contributed by atoms with Gasteiger partial charge in [-0.05, 0) is 40.8 Å². The second-order valence-corrected chi connectivity index (χ2v) is 9.50. The van der Waals surface area contributed by atoms with Crippen molar-refractivity contribution in [2.75, 3.05) is 26.2 Å². The molecule has 0 N–H and O–H groups in total. The number of hydrogen-bond donors (Lipinski definition) is 0. The molecule has 3 aromatic carbocycles. The SMILES string of the molecule is O=C(c1cc2cc(C(F)(F)F)ccc2s1)N1CCN(C(c2ccccc2)c2ccccc2)CC1. The molecule has 0 saturated carbocycles. The normalized spacial score (nSPS) is 15.2. The lowest BCUT2D eigenvalue weighted by atomic mass is 9.96. The van der Waals surface area contributed by atoms with Crippen LogP contribution in [0.5, 0.6) is 0 Å². The molecule has 0 atom stereocenters. The van der Waals surface area contributed by atoms with E-state index in [1.807, 2.05) is 36.4 Å². The number of piperazine rings is 1. The Morgan fingerprint density at radius 1 is 0.794 bits per heavy atom. The van der Waals surface area contributed by atoms with Crippen molar-refractivity contribution in [3.63, 3.8) is 0 Å². The molecule has 5 rings (SSSR count). The topological polar surface area (TPSA) is 23.6 Å². The van der Waals surface area contributed by atoms with E-state index in [9.17, 15) is 18.0 Å². The van der Waals surface area contributed by atoms with Gasteiger partial charge >= 0.3 is 6.18 Å². The van der Waals surface area contributed by atoms with E-state index in [-0.39, 0.29) is 11.9 Å². The van der Waals surface area contributed by atoms with E-state index in [4.69, 9.17) is 0 Å². The van der Waals surface area contributed by atoms with E-state index >= 15 is 0 Å². The molecule has 34 heavy (non-hydrogen) atoms. The minimum Gasteiger partial charge on any atom is -0.335 e. The third-order valence-electron chi connectivity index (χ3n) is 6.25. The first-order chi connectivity index (χ1) is 16.4. The molecule has 0 spiro atoms. The summed E-state index contributed by atoms with van der Waals surface area (Å²) in [6.07, 6.45) is -4.40. The Bertz CT molecular complexity index is 1240. The highest BCUT2D eigenvalue weighted by atomic mass is 32.1. The zero-order valence-electron chi connectivity index (χ0n) is 18.3. The minimum absolute atomic E-state index is 0.102. The maximum atomic E-state index is 13.2. The summed E-state index contributed by atoms with van der Waals surface area (Å²) in [5.41, 5.74) is 1.72. The molecular formula is C27H23F3N2OS. The third-order valence-corrected chi connectivity index (χ3v) is 7.36.